The Morgan fingerprint density at radius 2 is 0.859 bits per heavy atom. The molecule has 0 aromatic rings. The molecular formula is C54H91NO8P+. The normalized spacial score (nSPS) is 14.4. The first-order valence-corrected chi connectivity index (χ1v) is 26.1. The van der Waals surface area contributed by atoms with Crippen LogP contribution in [0.1, 0.15) is 168 Å². The van der Waals surface area contributed by atoms with Gasteiger partial charge in [0.2, 0.25) is 0 Å². The predicted octanol–water partition coefficient (Wildman–Crippen LogP) is 14.7. The molecule has 0 spiro atoms. The van der Waals surface area contributed by atoms with Crippen molar-refractivity contribution in [2.75, 3.05) is 47.5 Å². The molecule has 0 saturated carbocycles. The highest BCUT2D eigenvalue weighted by Crippen LogP contribution is 2.43. The first-order valence-electron chi connectivity index (χ1n) is 24.6. The number of hydrogen-bond donors (Lipinski definition) is 1. The molecule has 0 bridgehead atoms. The fourth-order valence-corrected chi connectivity index (χ4v) is 6.78. The maximum absolute atomic E-state index is 12.7. The van der Waals surface area contributed by atoms with Crippen molar-refractivity contribution in [3.05, 3.63) is 109 Å². The van der Waals surface area contributed by atoms with E-state index in [0.717, 1.165) is 89.9 Å². The molecule has 9 nitrogen and oxygen atoms in total. The fraction of sp³-hybridized carbons (Fsp3) is 0.630. The number of ether oxygens (including phenoxy) is 2. The van der Waals surface area contributed by atoms with Gasteiger partial charge in [0.25, 0.3) is 0 Å². The van der Waals surface area contributed by atoms with E-state index in [2.05, 4.69) is 117 Å². The molecule has 0 amide bonds. The van der Waals surface area contributed by atoms with Crippen molar-refractivity contribution in [2.24, 2.45) is 0 Å². The van der Waals surface area contributed by atoms with E-state index >= 15 is 0 Å². The van der Waals surface area contributed by atoms with Gasteiger partial charge in [-0.1, -0.05) is 175 Å². The van der Waals surface area contributed by atoms with Crippen molar-refractivity contribution in [1.29, 1.82) is 0 Å². The molecule has 64 heavy (non-hydrogen) atoms. The maximum Gasteiger partial charge on any atom is 0.472 e. The van der Waals surface area contributed by atoms with Crippen LogP contribution in [0, 0.1) is 0 Å². The number of unbranched alkanes of at least 4 members (excludes halogenated alkanes) is 11. The first kappa shape index (κ1) is 60.7. The molecule has 2 unspecified atom stereocenters. The Bertz CT molecular complexity index is 1450. The van der Waals surface area contributed by atoms with E-state index in [9.17, 15) is 19.0 Å². The lowest BCUT2D eigenvalue weighted by Gasteiger charge is -2.24. The molecule has 2 atom stereocenters. The summed E-state index contributed by atoms with van der Waals surface area (Å²) in [5.74, 6) is -0.881. The fourth-order valence-electron chi connectivity index (χ4n) is 6.04. The number of nitrogens with zero attached hydrogens (tertiary/aromatic N) is 1. The van der Waals surface area contributed by atoms with E-state index in [1.165, 1.54) is 38.5 Å². The van der Waals surface area contributed by atoms with Gasteiger partial charge in [-0.3, -0.25) is 18.6 Å². The van der Waals surface area contributed by atoms with Gasteiger partial charge in [-0.2, -0.15) is 0 Å². The van der Waals surface area contributed by atoms with Gasteiger partial charge in [-0.15, -0.1) is 0 Å². The Morgan fingerprint density at radius 1 is 0.484 bits per heavy atom. The Kier molecular flexibility index (Phi) is 42.5. The molecule has 10 heteroatoms. The van der Waals surface area contributed by atoms with Gasteiger partial charge >= 0.3 is 19.8 Å². The lowest BCUT2D eigenvalue weighted by molar-refractivity contribution is -0.870. The largest absolute Gasteiger partial charge is 0.472 e. The monoisotopic (exact) mass is 913 g/mol. The van der Waals surface area contributed by atoms with Crippen molar-refractivity contribution in [2.45, 2.75) is 174 Å². The zero-order valence-corrected chi connectivity index (χ0v) is 41.9. The molecule has 0 rings (SSSR count). The number of carbonyl (C=O) groups is 2. The van der Waals surface area contributed by atoms with Crippen molar-refractivity contribution in [1.82, 2.24) is 0 Å². The number of esters is 2. The molecule has 1 N–H and O–H groups in total. The Morgan fingerprint density at radius 3 is 1.30 bits per heavy atom. The van der Waals surface area contributed by atoms with Crippen molar-refractivity contribution in [3.63, 3.8) is 0 Å². The minimum Gasteiger partial charge on any atom is -0.462 e. The van der Waals surface area contributed by atoms with Crippen LogP contribution in [0.3, 0.4) is 0 Å². The third-order valence-corrected chi connectivity index (χ3v) is 10.8. The lowest BCUT2D eigenvalue weighted by Crippen LogP contribution is -2.37. The van der Waals surface area contributed by atoms with E-state index < -0.39 is 32.5 Å². The van der Waals surface area contributed by atoms with E-state index in [4.69, 9.17) is 18.5 Å². The van der Waals surface area contributed by atoms with Crippen LogP contribution in [0.15, 0.2) is 109 Å². The van der Waals surface area contributed by atoms with Crippen LogP contribution in [-0.2, 0) is 32.7 Å². The maximum atomic E-state index is 12.7. The van der Waals surface area contributed by atoms with Gasteiger partial charge in [-0.25, -0.2) is 4.57 Å². The van der Waals surface area contributed by atoms with Crippen LogP contribution >= 0.6 is 7.82 Å². The summed E-state index contributed by atoms with van der Waals surface area (Å²) in [6, 6.07) is 0. The van der Waals surface area contributed by atoms with E-state index in [1.807, 2.05) is 27.2 Å². The van der Waals surface area contributed by atoms with Gasteiger partial charge in [0.1, 0.15) is 19.8 Å². The second-order valence-electron chi connectivity index (χ2n) is 17.1. The van der Waals surface area contributed by atoms with E-state index in [1.54, 1.807) is 0 Å². The lowest BCUT2D eigenvalue weighted by atomic mass is 10.1. The number of phosphoric ester groups is 1. The predicted molar refractivity (Wildman–Crippen MR) is 270 cm³/mol. The summed E-state index contributed by atoms with van der Waals surface area (Å²) in [6.45, 7) is 4.11. The summed E-state index contributed by atoms with van der Waals surface area (Å²) < 4.78 is 34.3. The minimum absolute atomic E-state index is 0.0142. The zero-order chi connectivity index (χ0) is 47.1. The topological polar surface area (TPSA) is 108 Å². The van der Waals surface area contributed by atoms with Gasteiger partial charge in [0.05, 0.1) is 27.7 Å². The van der Waals surface area contributed by atoms with Crippen LogP contribution in [-0.4, -0.2) is 74.9 Å². The highest BCUT2D eigenvalue weighted by Gasteiger charge is 2.27. The van der Waals surface area contributed by atoms with Crippen LogP contribution in [0.2, 0.25) is 0 Å². The molecule has 0 aliphatic heterocycles. The zero-order valence-electron chi connectivity index (χ0n) is 41.0. The SMILES string of the molecule is CC/C=C\C/C=C\C/C=C\C/C=C\C/C=C\CCCC(=O)OC(COC(=O)CCCCCCCCCCCC/C=C\C/C=C\C/C=C\C/C=C\CC)COP(=O)(O)OCC[N+](C)(C)C. The van der Waals surface area contributed by atoms with Crippen LogP contribution in [0.4, 0.5) is 0 Å². The second kappa shape index (κ2) is 44.9. The van der Waals surface area contributed by atoms with Crippen molar-refractivity contribution in [3.8, 4) is 0 Å². The Labute approximate surface area is 391 Å². The van der Waals surface area contributed by atoms with Gasteiger partial charge in [-0.05, 0) is 89.9 Å². The summed E-state index contributed by atoms with van der Waals surface area (Å²) in [5, 5.41) is 0. The van der Waals surface area contributed by atoms with Crippen LogP contribution < -0.4 is 0 Å². The number of phosphoric acid groups is 1. The second-order valence-corrected chi connectivity index (χ2v) is 18.5. The molecule has 364 valence electrons. The van der Waals surface area contributed by atoms with Crippen LogP contribution in [0.25, 0.3) is 0 Å². The molecule has 0 aliphatic rings. The summed E-state index contributed by atoms with van der Waals surface area (Å²) in [4.78, 5) is 35.5. The number of rotatable bonds is 43. The molecule has 0 aromatic heterocycles. The molecule has 0 radical (unpaired) electrons. The number of likely N-dealkylation sites (N-methyl/N-ethyl adjacent to an activating group) is 1. The Balaban J connectivity index is 4.36. The minimum atomic E-state index is -4.40. The van der Waals surface area contributed by atoms with E-state index in [-0.39, 0.29) is 26.1 Å². The molecule has 0 aliphatic carbocycles. The number of allylic oxidation sites excluding steroid dienone is 18. The van der Waals surface area contributed by atoms with Gasteiger partial charge in [0, 0.05) is 12.8 Å². The average Bonchev–Trinajstić information content (AvgIpc) is 3.25. The van der Waals surface area contributed by atoms with Crippen molar-refractivity contribution < 1.29 is 42.1 Å². The summed E-state index contributed by atoms with van der Waals surface area (Å²) in [7, 11) is 1.42. The first-order chi connectivity index (χ1) is 31.0. The quantitative estimate of drug-likeness (QED) is 0.0212. The smallest absolute Gasteiger partial charge is 0.462 e. The van der Waals surface area contributed by atoms with Gasteiger partial charge in [0.15, 0.2) is 6.10 Å². The number of hydrogen-bond acceptors (Lipinski definition) is 7. The highest BCUT2D eigenvalue weighted by atomic mass is 31.2. The van der Waals surface area contributed by atoms with Crippen molar-refractivity contribution >= 4 is 19.8 Å². The Hall–Kier alpha value is -3.33. The third kappa shape index (κ3) is 48.1. The molecule has 0 saturated heterocycles. The third-order valence-electron chi connectivity index (χ3n) is 9.80. The number of carbonyl (C=O) groups excluding carboxylic acids is 2. The summed E-state index contributed by atoms with van der Waals surface area (Å²) in [6.07, 6.45) is 61.5. The molecular weight excluding hydrogens is 822 g/mol. The molecule has 0 fully saturated rings. The van der Waals surface area contributed by atoms with Gasteiger partial charge < -0.3 is 18.9 Å². The molecule has 0 aromatic carbocycles. The summed E-state index contributed by atoms with van der Waals surface area (Å²) >= 11 is 0. The average molecular weight is 913 g/mol. The standard InChI is InChI=1S/C54H90NO8P/c1-6-8-10-12-14-16-18-20-22-24-25-26-27-28-29-31-32-34-36-38-40-42-44-46-53(56)60-50-52(51-62-64(58,59)61-49-48-55(3,4)5)63-54(57)47-45-43-41-39-37-35-33-30-23-21-19-17-15-13-11-9-7-2/h8-11,14-17,20-23,25-26,33,35,39,41,52H,6-7,12-13,18-19,24,27-32,34,36-38,40,42-51H2,1-5H3/p+1/b10-8-,11-9-,16-14-,17-15-,22-20-,23-21-,26-25-,35-33-,41-39-. The highest BCUT2D eigenvalue weighted by molar-refractivity contribution is 7.47. The summed E-state index contributed by atoms with van der Waals surface area (Å²) in [5.41, 5.74) is 0. The van der Waals surface area contributed by atoms with E-state index in [0.29, 0.717) is 23.9 Å². The van der Waals surface area contributed by atoms with Crippen LogP contribution in [0.5, 0.6) is 0 Å². The molecule has 0 heterocycles. The number of quaternary nitrogens is 1.